The second-order valence-electron chi connectivity index (χ2n) is 8.03. The number of aryl methyl sites for hydroxylation is 2. The molecule has 7 heteroatoms. The van der Waals surface area contributed by atoms with E-state index in [1.807, 2.05) is 62.4 Å². The molecule has 5 nitrogen and oxygen atoms in total. The van der Waals surface area contributed by atoms with E-state index in [1.54, 1.807) is 24.3 Å². The maximum Gasteiger partial charge on any atom is 0.251 e. The van der Waals surface area contributed by atoms with Crippen LogP contribution in [0.15, 0.2) is 82.1 Å². The number of halogens is 1. The van der Waals surface area contributed by atoms with Gasteiger partial charge in [0.05, 0.1) is 22.2 Å². The van der Waals surface area contributed by atoms with E-state index in [1.165, 1.54) is 0 Å². The van der Waals surface area contributed by atoms with Gasteiger partial charge in [-0.1, -0.05) is 41.4 Å². The van der Waals surface area contributed by atoms with Crippen LogP contribution >= 0.6 is 11.6 Å². The Morgan fingerprint density at radius 2 is 1.65 bits per heavy atom. The molecule has 0 aliphatic carbocycles. The van der Waals surface area contributed by atoms with Crippen molar-refractivity contribution in [3.63, 3.8) is 0 Å². The van der Waals surface area contributed by atoms with Gasteiger partial charge >= 0.3 is 0 Å². The zero-order valence-corrected chi connectivity index (χ0v) is 20.6. The number of benzene rings is 3. The van der Waals surface area contributed by atoms with Crippen molar-refractivity contribution in [2.24, 2.45) is 0 Å². The molecule has 0 unspecified atom stereocenters. The second-order valence-corrected chi connectivity index (χ2v) is 9.92. The van der Waals surface area contributed by atoms with Gasteiger partial charge in [-0.3, -0.25) is 9.00 Å². The van der Waals surface area contributed by atoms with Gasteiger partial charge in [0.1, 0.15) is 5.76 Å². The fourth-order valence-electron chi connectivity index (χ4n) is 3.42. The third-order valence-electron chi connectivity index (χ3n) is 5.45. The molecule has 0 saturated carbocycles. The van der Waals surface area contributed by atoms with Crippen molar-refractivity contribution in [3.8, 4) is 11.5 Å². The molecule has 4 aromatic rings. The molecule has 1 heterocycles. The quantitative estimate of drug-likeness (QED) is 0.333. The number of hydrogen-bond acceptors (Lipinski definition) is 4. The molecule has 4 rings (SSSR count). The van der Waals surface area contributed by atoms with Crippen LogP contribution in [0.3, 0.4) is 0 Å². The van der Waals surface area contributed by atoms with Crippen molar-refractivity contribution < 1.29 is 13.4 Å². The number of carbonyl (C=O) groups excluding carboxylic acids is 1. The summed E-state index contributed by atoms with van der Waals surface area (Å²) in [6.07, 6.45) is 0.726. The average Bonchev–Trinajstić information content (AvgIpc) is 3.20. The van der Waals surface area contributed by atoms with Gasteiger partial charge in [-0.25, -0.2) is 4.98 Å². The molecule has 34 heavy (non-hydrogen) atoms. The van der Waals surface area contributed by atoms with E-state index in [-0.39, 0.29) is 11.7 Å². The van der Waals surface area contributed by atoms with E-state index < -0.39 is 10.8 Å². The van der Waals surface area contributed by atoms with E-state index in [2.05, 4.69) is 10.3 Å². The molecule has 0 bridgehead atoms. The van der Waals surface area contributed by atoms with Crippen LogP contribution in [0.2, 0.25) is 5.02 Å². The monoisotopic (exact) mass is 492 g/mol. The standard InChI is InChI=1S/C27H25ClN2O3S/c1-18-3-13-24(14-4-18)34(32)17-25-19(2)33-27(30-25)22-9-7-21(8-10-22)26(31)29-16-15-20-5-11-23(28)12-6-20/h3-14H,15-17H2,1-2H3,(H,29,31)/t34-/m1/s1. The van der Waals surface area contributed by atoms with Crippen LogP contribution in [0.4, 0.5) is 0 Å². The maximum atomic E-state index is 12.7. The molecule has 0 radical (unpaired) electrons. The predicted octanol–water partition coefficient (Wildman–Crippen LogP) is 5.89. The molecule has 1 N–H and O–H groups in total. The van der Waals surface area contributed by atoms with Crippen molar-refractivity contribution in [1.29, 1.82) is 0 Å². The average molecular weight is 493 g/mol. The highest BCUT2D eigenvalue weighted by molar-refractivity contribution is 7.84. The first-order valence-electron chi connectivity index (χ1n) is 10.9. The van der Waals surface area contributed by atoms with Crippen LogP contribution in [0.5, 0.6) is 0 Å². The summed E-state index contributed by atoms with van der Waals surface area (Å²) in [5.74, 6) is 1.23. The Morgan fingerprint density at radius 3 is 2.32 bits per heavy atom. The zero-order chi connectivity index (χ0) is 24.1. The maximum absolute atomic E-state index is 12.7. The molecule has 0 fully saturated rings. The smallest absolute Gasteiger partial charge is 0.251 e. The summed E-state index contributed by atoms with van der Waals surface area (Å²) >= 11 is 5.90. The van der Waals surface area contributed by atoms with Crippen LogP contribution in [0.1, 0.15) is 32.9 Å². The minimum atomic E-state index is -1.21. The Labute approximate surface area is 206 Å². The van der Waals surface area contributed by atoms with Gasteiger partial charge in [0.25, 0.3) is 5.91 Å². The van der Waals surface area contributed by atoms with Crippen LogP contribution in [0, 0.1) is 13.8 Å². The molecular weight excluding hydrogens is 468 g/mol. The van der Waals surface area contributed by atoms with Crippen molar-refractivity contribution >= 4 is 28.3 Å². The third-order valence-corrected chi connectivity index (χ3v) is 7.04. The number of nitrogens with one attached hydrogen (secondary N) is 1. The molecule has 0 spiro atoms. The molecule has 1 amide bonds. The summed E-state index contributed by atoms with van der Waals surface area (Å²) in [7, 11) is -1.21. The van der Waals surface area contributed by atoms with E-state index >= 15 is 0 Å². The lowest BCUT2D eigenvalue weighted by Crippen LogP contribution is -2.25. The Kier molecular flexibility index (Phi) is 7.60. The third kappa shape index (κ3) is 6.01. The summed E-state index contributed by atoms with van der Waals surface area (Å²) in [5.41, 5.74) is 4.22. The molecule has 174 valence electrons. The highest BCUT2D eigenvalue weighted by atomic mass is 35.5. The Bertz CT molecular complexity index is 1300. The fourth-order valence-corrected chi connectivity index (χ4v) is 4.67. The number of oxazole rings is 1. The first-order valence-corrected chi connectivity index (χ1v) is 12.6. The number of hydrogen-bond donors (Lipinski definition) is 1. The van der Waals surface area contributed by atoms with Gasteiger partial charge in [0.2, 0.25) is 5.89 Å². The van der Waals surface area contributed by atoms with Crippen LogP contribution in [0.25, 0.3) is 11.5 Å². The summed E-state index contributed by atoms with van der Waals surface area (Å²) in [4.78, 5) is 17.8. The molecule has 0 aliphatic heterocycles. The SMILES string of the molecule is Cc1ccc([S@](=O)Cc2nc(-c3ccc(C(=O)NCCc4ccc(Cl)cc4)cc3)oc2C)cc1. The van der Waals surface area contributed by atoms with Gasteiger partial charge in [-0.2, -0.15) is 0 Å². The van der Waals surface area contributed by atoms with Gasteiger partial charge in [0, 0.05) is 27.6 Å². The van der Waals surface area contributed by atoms with Gasteiger partial charge in [0.15, 0.2) is 0 Å². The topological polar surface area (TPSA) is 72.2 Å². The van der Waals surface area contributed by atoms with Crippen LogP contribution in [-0.2, 0) is 23.0 Å². The number of amides is 1. The highest BCUT2D eigenvalue weighted by Crippen LogP contribution is 2.24. The Hall–Kier alpha value is -3.22. The van der Waals surface area contributed by atoms with Crippen molar-refractivity contribution in [3.05, 3.63) is 106 Å². The van der Waals surface area contributed by atoms with Gasteiger partial charge < -0.3 is 9.73 Å². The zero-order valence-electron chi connectivity index (χ0n) is 19.0. The Balaban J connectivity index is 1.36. The van der Waals surface area contributed by atoms with Crippen molar-refractivity contribution in [1.82, 2.24) is 10.3 Å². The molecule has 3 aromatic carbocycles. The second kappa shape index (κ2) is 10.8. The fraction of sp³-hybridized carbons (Fsp3) is 0.185. The lowest BCUT2D eigenvalue weighted by molar-refractivity contribution is 0.0954. The first-order chi connectivity index (χ1) is 16.4. The molecule has 1 atom stereocenters. The van der Waals surface area contributed by atoms with Crippen molar-refractivity contribution in [2.75, 3.05) is 6.54 Å². The summed E-state index contributed by atoms with van der Waals surface area (Å²) in [6, 6.07) is 22.3. The van der Waals surface area contributed by atoms with E-state index in [4.69, 9.17) is 16.0 Å². The van der Waals surface area contributed by atoms with Crippen LogP contribution in [-0.4, -0.2) is 21.6 Å². The summed E-state index contributed by atoms with van der Waals surface area (Å²) in [6.45, 7) is 4.35. The van der Waals surface area contributed by atoms with Gasteiger partial charge in [-0.15, -0.1) is 0 Å². The normalized spacial score (nSPS) is 11.9. The Morgan fingerprint density at radius 1 is 0.971 bits per heavy atom. The lowest BCUT2D eigenvalue weighted by Gasteiger charge is -2.06. The molecule has 1 aromatic heterocycles. The number of nitrogens with zero attached hydrogens (tertiary/aromatic N) is 1. The minimum Gasteiger partial charge on any atom is -0.441 e. The largest absolute Gasteiger partial charge is 0.441 e. The molecule has 0 saturated heterocycles. The van der Waals surface area contributed by atoms with Crippen molar-refractivity contribution in [2.45, 2.75) is 30.9 Å². The van der Waals surface area contributed by atoms with E-state index in [9.17, 15) is 9.00 Å². The molecular formula is C27H25ClN2O3S. The first kappa shape index (κ1) is 23.9. The van der Waals surface area contributed by atoms with Gasteiger partial charge in [-0.05, 0) is 74.4 Å². The molecule has 0 aliphatic rings. The lowest BCUT2D eigenvalue weighted by atomic mass is 10.1. The summed E-state index contributed by atoms with van der Waals surface area (Å²) in [5, 5.41) is 3.63. The highest BCUT2D eigenvalue weighted by Gasteiger charge is 2.16. The number of rotatable bonds is 8. The number of carbonyl (C=O) groups is 1. The van der Waals surface area contributed by atoms with E-state index in [0.717, 1.165) is 28.0 Å². The number of aromatic nitrogens is 1. The minimum absolute atomic E-state index is 0.140. The van der Waals surface area contributed by atoms with Crippen LogP contribution < -0.4 is 5.32 Å². The predicted molar refractivity (Wildman–Crippen MR) is 135 cm³/mol. The van der Waals surface area contributed by atoms with E-state index in [0.29, 0.717) is 34.5 Å². The summed E-state index contributed by atoms with van der Waals surface area (Å²) < 4.78 is 18.5.